The van der Waals surface area contributed by atoms with Gasteiger partial charge in [0.05, 0.1) is 4.90 Å². The van der Waals surface area contributed by atoms with Gasteiger partial charge in [0, 0.05) is 18.2 Å². The van der Waals surface area contributed by atoms with Crippen LogP contribution in [-0.2, 0) is 21.2 Å². The minimum Gasteiger partial charge on any atom is -0.326 e. The van der Waals surface area contributed by atoms with Crippen molar-refractivity contribution in [1.29, 1.82) is 0 Å². The van der Waals surface area contributed by atoms with Gasteiger partial charge in [-0.15, -0.1) is 0 Å². The molecule has 0 unspecified atom stereocenters. The maximum atomic E-state index is 12.2. The van der Waals surface area contributed by atoms with Crippen LogP contribution in [0.5, 0.6) is 0 Å². The van der Waals surface area contributed by atoms with E-state index >= 15 is 0 Å². The lowest BCUT2D eigenvalue weighted by molar-refractivity contribution is -0.116. The summed E-state index contributed by atoms with van der Waals surface area (Å²) in [7, 11) is -3.42. The highest BCUT2D eigenvalue weighted by Gasteiger charge is 2.27. The Balaban J connectivity index is 1.55. The molecule has 0 heterocycles. The van der Waals surface area contributed by atoms with Gasteiger partial charge in [0.1, 0.15) is 0 Å². The van der Waals surface area contributed by atoms with E-state index in [9.17, 15) is 13.2 Å². The number of sulfonamides is 1. The Labute approximate surface area is 154 Å². The summed E-state index contributed by atoms with van der Waals surface area (Å²) < 4.78 is 26.9. The molecule has 1 amide bonds. The van der Waals surface area contributed by atoms with Crippen molar-refractivity contribution in [3.63, 3.8) is 0 Å². The Morgan fingerprint density at radius 2 is 1.77 bits per heavy atom. The molecule has 1 aliphatic rings. The molecule has 0 aliphatic heterocycles. The molecule has 138 valence electrons. The molecular formula is C20H24N2O3S. The smallest absolute Gasteiger partial charge is 0.240 e. The number of aryl methyl sites for hydroxylation is 3. The number of nitrogens with one attached hydrogen (secondary N) is 2. The first-order chi connectivity index (χ1) is 12.3. The second-order valence-corrected chi connectivity index (χ2v) is 8.62. The number of carbonyl (C=O) groups excluding carboxylic acids is 1. The van der Waals surface area contributed by atoms with Crippen LogP contribution in [-0.4, -0.2) is 20.4 Å². The Kier molecular flexibility index (Phi) is 5.44. The van der Waals surface area contributed by atoms with Gasteiger partial charge in [-0.25, -0.2) is 13.1 Å². The first-order valence-corrected chi connectivity index (χ1v) is 10.3. The van der Waals surface area contributed by atoms with Gasteiger partial charge in [0.15, 0.2) is 0 Å². The Bertz CT molecular complexity index is 901. The van der Waals surface area contributed by atoms with Gasteiger partial charge >= 0.3 is 0 Å². The number of rotatable bonds is 7. The average molecular weight is 372 g/mol. The Hall–Kier alpha value is -2.18. The maximum absolute atomic E-state index is 12.2. The van der Waals surface area contributed by atoms with Gasteiger partial charge in [-0.05, 0) is 62.4 Å². The van der Waals surface area contributed by atoms with E-state index in [4.69, 9.17) is 0 Å². The van der Waals surface area contributed by atoms with E-state index < -0.39 is 10.0 Å². The molecule has 1 fully saturated rings. The summed E-state index contributed by atoms with van der Waals surface area (Å²) in [5.41, 5.74) is 3.96. The standard InChI is InChI=1S/C20H24N2O3S/c1-14-3-11-19(15(2)13-14)21-20(23)12-6-16-4-9-18(10-5-16)26(24,25)22-17-7-8-17/h3-5,9-11,13,17,22H,6-8,12H2,1-2H3,(H,21,23). The van der Waals surface area contributed by atoms with Gasteiger partial charge < -0.3 is 5.32 Å². The van der Waals surface area contributed by atoms with E-state index in [-0.39, 0.29) is 16.8 Å². The highest BCUT2D eigenvalue weighted by Crippen LogP contribution is 2.22. The van der Waals surface area contributed by atoms with E-state index in [1.807, 2.05) is 32.0 Å². The lowest BCUT2D eigenvalue weighted by Crippen LogP contribution is -2.25. The fraction of sp³-hybridized carbons (Fsp3) is 0.350. The van der Waals surface area contributed by atoms with Crippen LogP contribution >= 0.6 is 0 Å². The molecule has 0 radical (unpaired) electrons. The molecule has 3 rings (SSSR count). The van der Waals surface area contributed by atoms with E-state index in [0.717, 1.165) is 35.2 Å². The molecular weight excluding hydrogens is 348 g/mol. The molecule has 2 aromatic carbocycles. The normalized spacial score (nSPS) is 14.2. The third-order valence-corrected chi connectivity index (χ3v) is 5.97. The van der Waals surface area contributed by atoms with E-state index in [0.29, 0.717) is 12.8 Å². The van der Waals surface area contributed by atoms with Crippen LogP contribution in [0.1, 0.15) is 36.0 Å². The summed E-state index contributed by atoms with van der Waals surface area (Å²) >= 11 is 0. The molecule has 1 aliphatic carbocycles. The zero-order valence-electron chi connectivity index (χ0n) is 15.1. The monoisotopic (exact) mass is 372 g/mol. The molecule has 0 atom stereocenters. The third-order valence-electron chi connectivity index (χ3n) is 4.43. The zero-order chi connectivity index (χ0) is 18.7. The molecule has 2 N–H and O–H groups in total. The molecule has 5 nitrogen and oxygen atoms in total. The number of hydrogen-bond donors (Lipinski definition) is 2. The van der Waals surface area contributed by atoms with Crippen molar-refractivity contribution in [2.75, 3.05) is 5.32 Å². The fourth-order valence-electron chi connectivity index (χ4n) is 2.75. The lowest BCUT2D eigenvalue weighted by atomic mass is 10.1. The van der Waals surface area contributed by atoms with E-state index in [1.165, 1.54) is 0 Å². The number of amides is 1. The predicted molar refractivity (Wildman–Crippen MR) is 103 cm³/mol. The van der Waals surface area contributed by atoms with Crippen molar-refractivity contribution in [3.8, 4) is 0 Å². The van der Waals surface area contributed by atoms with Crippen LogP contribution in [0.3, 0.4) is 0 Å². The summed E-state index contributed by atoms with van der Waals surface area (Å²) in [5.74, 6) is -0.0518. The van der Waals surface area contributed by atoms with Crippen molar-refractivity contribution < 1.29 is 13.2 Å². The maximum Gasteiger partial charge on any atom is 0.240 e. The van der Waals surface area contributed by atoms with Crippen molar-refractivity contribution in [2.24, 2.45) is 0 Å². The minimum atomic E-state index is -3.42. The van der Waals surface area contributed by atoms with Gasteiger partial charge in [0.2, 0.25) is 15.9 Å². The lowest BCUT2D eigenvalue weighted by Gasteiger charge is -2.10. The molecule has 0 aromatic heterocycles. The Morgan fingerprint density at radius 1 is 1.08 bits per heavy atom. The predicted octanol–water partition coefficient (Wildman–Crippen LogP) is 3.32. The average Bonchev–Trinajstić information content (AvgIpc) is 3.39. The van der Waals surface area contributed by atoms with Crippen molar-refractivity contribution in [3.05, 3.63) is 59.2 Å². The van der Waals surface area contributed by atoms with Crippen LogP contribution in [0.15, 0.2) is 47.4 Å². The topological polar surface area (TPSA) is 75.3 Å². The molecule has 1 saturated carbocycles. The summed E-state index contributed by atoms with van der Waals surface area (Å²) in [6.07, 6.45) is 2.73. The first-order valence-electron chi connectivity index (χ1n) is 8.82. The van der Waals surface area contributed by atoms with Crippen molar-refractivity contribution in [2.45, 2.75) is 50.5 Å². The zero-order valence-corrected chi connectivity index (χ0v) is 15.9. The SMILES string of the molecule is Cc1ccc(NC(=O)CCc2ccc(S(=O)(=O)NC3CC3)cc2)c(C)c1. The van der Waals surface area contributed by atoms with Crippen LogP contribution in [0.25, 0.3) is 0 Å². The second kappa shape index (κ2) is 7.60. The van der Waals surface area contributed by atoms with Crippen LogP contribution in [0, 0.1) is 13.8 Å². The van der Waals surface area contributed by atoms with Gasteiger partial charge in [-0.3, -0.25) is 4.79 Å². The van der Waals surface area contributed by atoms with Gasteiger partial charge in [0.25, 0.3) is 0 Å². The van der Waals surface area contributed by atoms with E-state index in [2.05, 4.69) is 10.0 Å². The van der Waals surface area contributed by atoms with Crippen molar-refractivity contribution >= 4 is 21.6 Å². The van der Waals surface area contributed by atoms with Crippen LogP contribution in [0.2, 0.25) is 0 Å². The largest absolute Gasteiger partial charge is 0.326 e. The first kappa shape index (κ1) is 18.6. The summed E-state index contributed by atoms with van der Waals surface area (Å²) in [5, 5.41) is 2.93. The third kappa shape index (κ3) is 4.93. The van der Waals surface area contributed by atoms with Crippen molar-refractivity contribution in [1.82, 2.24) is 4.72 Å². The molecule has 26 heavy (non-hydrogen) atoms. The molecule has 0 spiro atoms. The molecule has 0 bridgehead atoms. The summed E-state index contributed by atoms with van der Waals surface area (Å²) in [4.78, 5) is 12.4. The van der Waals surface area contributed by atoms with Gasteiger partial charge in [-0.1, -0.05) is 29.8 Å². The summed E-state index contributed by atoms with van der Waals surface area (Å²) in [6.45, 7) is 3.99. The fourth-order valence-corrected chi connectivity index (χ4v) is 4.05. The minimum absolute atomic E-state index is 0.0518. The molecule has 0 saturated heterocycles. The van der Waals surface area contributed by atoms with Gasteiger partial charge in [-0.2, -0.15) is 0 Å². The highest BCUT2D eigenvalue weighted by molar-refractivity contribution is 7.89. The van der Waals surface area contributed by atoms with Crippen LogP contribution in [0.4, 0.5) is 5.69 Å². The Morgan fingerprint density at radius 3 is 2.38 bits per heavy atom. The number of carbonyl (C=O) groups is 1. The van der Waals surface area contributed by atoms with E-state index in [1.54, 1.807) is 24.3 Å². The number of benzene rings is 2. The molecule has 6 heteroatoms. The highest BCUT2D eigenvalue weighted by atomic mass is 32.2. The number of anilines is 1. The van der Waals surface area contributed by atoms with Crippen LogP contribution < -0.4 is 10.0 Å². The summed E-state index contributed by atoms with van der Waals surface area (Å²) in [6, 6.07) is 12.7. The molecule has 2 aromatic rings. The second-order valence-electron chi connectivity index (χ2n) is 6.91. The number of hydrogen-bond acceptors (Lipinski definition) is 3. The quantitative estimate of drug-likeness (QED) is 0.783.